The lowest BCUT2D eigenvalue weighted by molar-refractivity contribution is -0.120. The number of fused-ring (bicyclic) bond motifs is 1. The van der Waals surface area contributed by atoms with Crippen molar-refractivity contribution >= 4 is 33.7 Å². The molecule has 1 unspecified atom stereocenters. The van der Waals surface area contributed by atoms with E-state index in [2.05, 4.69) is 28.9 Å². The van der Waals surface area contributed by atoms with Crippen LogP contribution in [-0.2, 0) is 22.4 Å². The zero-order valence-corrected chi connectivity index (χ0v) is 18.1. The lowest BCUT2D eigenvalue weighted by atomic mass is 9.93. The molecule has 0 bridgehead atoms. The number of halogens is 1. The summed E-state index contributed by atoms with van der Waals surface area (Å²) in [7, 11) is 0. The van der Waals surface area contributed by atoms with E-state index < -0.39 is 12.2 Å². The van der Waals surface area contributed by atoms with Crippen molar-refractivity contribution in [2.24, 2.45) is 11.7 Å². The van der Waals surface area contributed by atoms with Crippen LogP contribution < -0.4 is 15.4 Å². The summed E-state index contributed by atoms with van der Waals surface area (Å²) in [6, 6.07) is 12.4. The van der Waals surface area contributed by atoms with E-state index in [0.29, 0.717) is 24.6 Å². The summed E-state index contributed by atoms with van der Waals surface area (Å²) in [5, 5.41) is 0. The SMILES string of the molecule is CCOC(=O)Oc1ccc(C[C@@H](N)C(=O)N2CC(C)Cc3ccccc32)c(Br)c1. The molecule has 1 heterocycles. The van der Waals surface area contributed by atoms with Crippen molar-refractivity contribution in [1.82, 2.24) is 0 Å². The second-order valence-electron chi connectivity index (χ2n) is 7.24. The highest BCUT2D eigenvalue weighted by molar-refractivity contribution is 9.10. The van der Waals surface area contributed by atoms with Crippen LogP contribution in [0.25, 0.3) is 0 Å². The Bertz CT molecular complexity index is 902. The summed E-state index contributed by atoms with van der Waals surface area (Å²) in [6.45, 7) is 4.76. The van der Waals surface area contributed by atoms with E-state index in [1.807, 2.05) is 18.2 Å². The average molecular weight is 461 g/mol. The van der Waals surface area contributed by atoms with Gasteiger partial charge in [0, 0.05) is 16.7 Å². The molecule has 29 heavy (non-hydrogen) atoms. The molecule has 1 aliphatic rings. The molecule has 0 spiro atoms. The van der Waals surface area contributed by atoms with Gasteiger partial charge < -0.3 is 20.1 Å². The Hall–Kier alpha value is -2.38. The fourth-order valence-corrected chi connectivity index (χ4v) is 4.05. The van der Waals surface area contributed by atoms with Crippen LogP contribution in [0, 0.1) is 5.92 Å². The number of carbonyl (C=O) groups excluding carboxylic acids is 2. The molecule has 0 aromatic heterocycles. The molecule has 6 nitrogen and oxygen atoms in total. The van der Waals surface area contributed by atoms with Gasteiger partial charge in [-0.05, 0) is 55.0 Å². The summed E-state index contributed by atoms with van der Waals surface area (Å²) in [6.07, 6.45) is 0.575. The smallest absolute Gasteiger partial charge is 0.434 e. The quantitative estimate of drug-likeness (QED) is 0.536. The predicted molar refractivity (Wildman–Crippen MR) is 115 cm³/mol. The maximum Gasteiger partial charge on any atom is 0.513 e. The van der Waals surface area contributed by atoms with Crippen LogP contribution in [0.1, 0.15) is 25.0 Å². The summed E-state index contributed by atoms with van der Waals surface area (Å²) < 4.78 is 10.6. The number of carbonyl (C=O) groups is 2. The van der Waals surface area contributed by atoms with Gasteiger partial charge in [-0.3, -0.25) is 4.79 Å². The van der Waals surface area contributed by atoms with Crippen molar-refractivity contribution in [2.75, 3.05) is 18.1 Å². The molecule has 2 aromatic carbocycles. The second-order valence-corrected chi connectivity index (χ2v) is 8.09. The third-order valence-electron chi connectivity index (χ3n) is 4.86. The van der Waals surface area contributed by atoms with Crippen LogP contribution in [-0.4, -0.2) is 31.3 Å². The molecule has 0 saturated carbocycles. The average Bonchev–Trinajstić information content (AvgIpc) is 2.68. The summed E-state index contributed by atoms with van der Waals surface area (Å²) in [5.41, 5.74) is 9.28. The van der Waals surface area contributed by atoms with E-state index in [-0.39, 0.29) is 12.5 Å². The minimum atomic E-state index is -0.753. The van der Waals surface area contributed by atoms with Crippen molar-refractivity contribution in [3.05, 3.63) is 58.1 Å². The molecule has 1 aliphatic heterocycles. The first-order chi connectivity index (χ1) is 13.9. The largest absolute Gasteiger partial charge is 0.513 e. The van der Waals surface area contributed by atoms with Gasteiger partial charge in [0.05, 0.1) is 12.6 Å². The third-order valence-corrected chi connectivity index (χ3v) is 5.59. The number of amides is 1. The molecule has 7 heteroatoms. The van der Waals surface area contributed by atoms with Crippen LogP contribution in [0.3, 0.4) is 0 Å². The Balaban J connectivity index is 1.71. The molecule has 0 radical (unpaired) electrons. The topological polar surface area (TPSA) is 81.9 Å². The van der Waals surface area contributed by atoms with Gasteiger partial charge in [0.1, 0.15) is 5.75 Å². The van der Waals surface area contributed by atoms with Crippen molar-refractivity contribution < 1.29 is 19.1 Å². The fraction of sp³-hybridized carbons (Fsp3) is 0.364. The second kappa shape index (κ2) is 9.41. The van der Waals surface area contributed by atoms with E-state index in [1.165, 1.54) is 5.56 Å². The third kappa shape index (κ3) is 5.16. The number of rotatable bonds is 5. The Morgan fingerprint density at radius 2 is 2.03 bits per heavy atom. The van der Waals surface area contributed by atoms with Gasteiger partial charge in [0.25, 0.3) is 0 Å². The van der Waals surface area contributed by atoms with Gasteiger partial charge in [-0.15, -0.1) is 0 Å². The van der Waals surface area contributed by atoms with Crippen LogP contribution in [0.5, 0.6) is 5.75 Å². The van der Waals surface area contributed by atoms with Crippen molar-refractivity contribution in [3.63, 3.8) is 0 Å². The minimum absolute atomic E-state index is 0.0947. The number of anilines is 1. The molecular formula is C22H25BrN2O4. The Morgan fingerprint density at radius 1 is 1.28 bits per heavy atom. The van der Waals surface area contributed by atoms with E-state index in [0.717, 1.165) is 22.1 Å². The van der Waals surface area contributed by atoms with Crippen LogP contribution >= 0.6 is 15.9 Å². The molecule has 0 aliphatic carbocycles. The summed E-state index contributed by atoms with van der Waals surface area (Å²) in [5.74, 6) is 0.646. The van der Waals surface area contributed by atoms with Gasteiger partial charge in [0.2, 0.25) is 5.91 Å². The molecule has 154 valence electrons. The monoisotopic (exact) mass is 460 g/mol. The molecule has 0 saturated heterocycles. The standard InChI is InChI=1S/C22H25BrN2O4/c1-3-28-22(27)29-17-9-8-15(18(23)12-17)11-19(24)21(26)25-13-14(2)10-16-6-4-5-7-20(16)25/h4-9,12,14,19H,3,10-11,13,24H2,1-2H3/t14?,19-/m1/s1. The molecule has 2 N–H and O–H groups in total. The van der Waals surface area contributed by atoms with Gasteiger partial charge in [-0.2, -0.15) is 0 Å². The van der Waals surface area contributed by atoms with Crippen LogP contribution in [0.15, 0.2) is 46.9 Å². The number of nitrogens with two attached hydrogens (primary N) is 1. The molecule has 2 atom stereocenters. The highest BCUT2D eigenvalue weighted by Gasteiger charge is 2.29. The van der Waals surface area contributed by atoms with Crippen molar-refractivity contribution in [2.45, 2.75) is 32.7 Å². The van der Waals surface area contributed by atoms with E-state index in [9.17, 15) is 9.59 Å². The predicted octanol–water partition coefficient (Wildman–Crippen LogP) is 4.08. The first-order valence-electron chi connectivity index (χ1n) is 9.67. The lowest BCUT2D eigenvalue weighted by Gasteiger charge is -2.34. The highest BCUT2D eigenvalue weighted by atomic mass is 79.9. The van der Waals surface area contributed by atoms with E-state index in [1.54, 1.807) is 30.0 Å². The number of benzene rings is 2. The van der Waals surface area contributed by atoms with Crippen molar-refractivity contribution in [1.29, 1.82) is 0 Å². The zero-order valence-electron chi connectivity index (χ0n) is 16.6. The molecule has 1 amide bonds. The molecule has 3 rings (SSSR count). The summed E-state index contributed by atoms with van der Waals surface area (Å²) in [4.78, 5) is 26.4. The molecule has 2 aromatic rings. The van der Waals surface area contributed by atoms with Crippen molar-refractivity contribution in [3.8, 4) is 5.75 Å². The number of hydrogen-bond donors (Lipinski definition) is 1. The van der Waals surface area contributed by atoms with Gasteiger partial charge in [0.15, 0.2) is 0 Å². The number of ether oxygens (including phenoxy) is 2. The Kier molecular flexibility index (Phi) is 6.92. The van der Waals surface area contributed by atoms with Crippen LogP contribution in [0.4, 0.5) is 10.5 Å². The Morgan fingerprint density at radius 3 is 2.76 bits per heavy atom. The molecule has 0 fully saturated rings. The first kappa shape index (κ1) is 21.3. The number of nitrogens with zero attached hydrogens (tertiary/aromatic N) is 1. The van der Waals surface area contributed by atoms with Gasteiger partial charge in [-0.1, -0.05) is 47.1 Å². The van der Waals surface area contributed by atoms with E-state index in [4.69, 9.17) is 15.2 Å². The lowest BCUT2D eigenvalue weighted by Crippen LogP contribution is -2.48. The summed E-state index contributed by atoms with van der Waals surface area (Å²) >= 11 is 3.47. The van der Waals surface area contributed by atoms with Gasteiger partial charge >= 0.3 is 6.16 Å². The van der Waals surface area contributed by atoms with Crippen LogP contribution in [0.2, 0.25) is 0 Å². The fourth-order valence-electron chi connectivity index (χ4n) is 3.53. The van der Waals surface area contributed by atoms with Gasteiger partial charge in [-0.25, -0.2) is 4.79 Å². The zero-order chi connectivity index (χ0) is 21.0. The first-order valence-corrected chi connectivity index (χ1v) is 10.5. The number of para-hydroxylation sites is 1. The number of hydrogen-bond acceptors (Lipinski definition) is 5. The van der Waals surface area contributed by atoms with E-state index >= 15 is 0 Å². The minimum Gasteiger partial charge on any atom is -0.434 e. The normalized spacial score (nSPS) is 16.7. The maximum atomic E-state index is 13.1. The highest BCUT2D eigenvalue weighted by Crippen LogP contribution is 2.30. The maximum absolute atomic E-state index is 13.1. The molecular weight excluding hydrogens is 436 g/mol. The Labute approximate surface area is 179 Å².